The summed E-state index contributed by atoms with van der Waals surface area (Å²) in [6.45, 7) is 6.30. The van der Waals surface area contributed by atoms with Gasteiger partial charge in [-0.1, -0.05) is 20.3 Å². The molecule has 2 rings (SSSR count). The van der Waals surface area contributed by atoms with Gasteiger partial charge in [0.1, 0.15) is 10.6 Å². The molecule has 0 fully saturated rings. The lowest BCUT2D eigenvalue weighted by atomic mass is 10.3. The van der Waals surface area contributed by atoms with Crippen molar-refractivity contribution in [3.05, 3.63) is 11.4 Å². The molecule has 0 bridgehead atoms. The van der Waals surface area contributed by atoms with Crippen LogP contribution in [0, 0.1) is 0 Å². The van der Waals surface area contributed by atoms with Gasteiger partial charge in [0.2, 0.25) is 5.95 Å². The number of thiophene rings is 1. The van der Waals surface area contributed by atoms with Gasteiger partial charge in [-0.3, -0.25) is 0 Å². The predicted molar refractivity (Wildman–Crippen MR) is 84.4 cm³/mol. The quantitative estimate of drug-likeness (QED) is 0.837. The highest BCUT2D eigenvalue weighted by Gasteiger charge is 2.12. The van der Waals surface area contributed by atoms with E-state index in [1.165, 1.54) is 12.8 Å². The zero-order valence-corrected chi connectivity index (χ0v) is 12.8. The maximum Gasteiger partial charge on any atom is 0.226 e. The molecule has 2 aromatic heterocycles. The van der Waals surface area contributed by atoms with Crippen LogP contribution in [-0.2, 0) is 0 Å². The molecule has 0 amide bonds. The Labute approximate surface area is 118 Å². The summed E-state index contributed by atoms with van der Waals surface area (Å²) < 4.78 is 0. The number of anilines is 2. The third-order valence-corrected chi connectivity index (χ3v) is 3.85. The van der Waals surface area contributed by atoms with Gasteiger partial charge in [-0.15, -0.1) is 11.3 Å². The topological polar surface area (TPSA) is 41.1 Å². The fourth-order valence-corrected chi connectivity index (χ4v) is 2.71. The van der Waals surface area contributed by atoms with Crippen LogP contribution in [0.3, 0.4) is 0 Å². The summed E-state index contributed by atoms with van der Waals surface area (Å²) in [5.41, 5.74) is 0. The number of hydrogen-bond acceptors (Lipinski definition) is 5. The largest absolute Gasteiger partial charge is 0.359 e. The van der Waals surface area contributed by atoms with Gasteiger partial charge in [0.25, 0.3) is 0 Å². The van der Waals surface area contributed by atoms with Gasteiger partial charge in [0.15, 0.2) is 0 Å². The van der Waals surface area contributed by atoms with E-state index in [1.807, 2.05) is 0 Å². The second-order valence-corrected chi connectivity index (χ2v) is 5.61. The summed E-state index contributed by atoms with van der Waals surface area (Å²) >= 11 is 1.67. The lowest BCUT2D eigenvalue weighted by Gasteiger charge is -2.19. The van der Waals surface area contributed by atoms with Gasteiger partial charge in [-0.25, -0.2) is 4.98 Å². The van der Waals surface area contributed by atoms with E-state index < -0.39 is 0 Å². The zero-order chi connectivity index (χ0) is 13.7. The molecular formula is C14H22N4S. The van der Waals surface area contributed by atoms with Crippen LogP contribution >= 0.6 is 11.3 Å². The molecule has 1 N–H and O–H groups in total. The fourth-order valence-electron chi connectivity index (χ4n) is 1.95. The van der Waals surface area contributed by atoms with Crippen LogP contribution in [0.4, 0.5) is 11.8 Å². The maximum absolute atomic E-state index is 4.67. The third-order valence-electron chi connectivity index (χ3n) is 3.05. The van der Waals surface area contributed by atoms with Gasteiger partial charge >= 0.3 is 0 Å². The fraction of sp³-hybridized carbons (Fsp3) is 0.571. The van der Waals surface area contributed by atoms with E-state index >= 15 is 0 Å². The molecule has 2 aromatic rings. The van der Waals surface area contributed by atoms with E-state index in [4.69, 9.17) is 0 Å². The minimum Gasteiger partial charge on any atom is -0.359 e. The smallest absolute Gasteiger partial charge is 0.226 e. The van der Waals surface area contributed by atoms with Crippen LogP contribution in [0.5, 0.6) is 0 Å². The van der Waals surface area contributed by atoms with Gasteiger partial charge in [-0.05, 0) is 24.3 Å². The van der Waals surface area contributed by atoms with Crippen molar-refractivity contribution in [1.82, 2.24) is 9.97 Å². The molecule has 0 aliphatic rings. The van der Waals surface area contributed by atoms with Crippen LogP contribution in [0.25, 0.3) is 10.2 Å². The van der Waals surface area contributed by atoms with Crippen molar-refractivity contribution in [2.24, 2.45) is 0 Å². The molecule has 0 saturated heterocycles. The number of hydrogen-bond donors (Lipinski definition) is 1. The van der Waals surface area contributed by atoms with Gasteiger partial charge in [-0.2, -0.15) is 4.98 Å². The van der Waals surface area contributed by atoms with E-state index in [-0.39, 0.29) is 0 Å². The second-order valence-electron chi connectivity index (χ2n) is 4.71. The molecule has 0 aromatic carbocycles. The second kappa shape index (κ2) is 6.70. The van der Waals surface area contributed by atoms with E-state index in [1.54, 1.807) is 11.3 Å². The molecule has 0 spiro atoms. The Morgan fingerprint density at radius 3 is 2.84 bits per heavy atom. The van der Waals surface area contributed by atoms with Gasteiger partial charge in [0.05, 0.1) is 5.39 Å². The minimum atomic E-state index is 0.746. The summed E-state index contributed by atoms with van der Waals surface area (Å²) in [5.74, 6) is 1.79. The van der Waals surface area contributed by atoms with Crippen molar-refractivity contribution in [1.29, 1.82) is 0 Å². The summed E-state index contributed by atoms with van der Waals surface area (Å²) in [6, 6.07) is 2.11. The molecule has 0 unspecified atom stereocenters. The highest BCUT2D eigenvalue weighted by molar-refractivity contribution is 7.16. The average Bonchev–Trinajstić information content (AvgIpc) is 2.89. The first kappa shape index (κ1) is 14.1. The molecule has 0 atom stereocenters. The predicted octanol–water partition coefficient (Wildman–Crippen LogP) is 3.75. The lowest BCUT2D eigenvalue weighted by molar-refractivity contribution is 0.761. The Kier molecular flexibility index (Phi) is 4.96. The molecule has 0 aliphatic carbocycles. The molecule has 0 aliphatic heterocycles. The highest BCUT2D eigenvalue weighted by Crippen LogP contribution is 2.28. The minimum absolute atomic E-state index is 0.746. The Balaban J connectivity index is 2.30. The van der Waals surface area contributed by atoms with E-state index in [0.29, 0.717) is 0 Å². The van der Waals surface area contributed by atoms with Crippen molar-refractivity contribution in [3.8, 4) is 0 Å². The third kappa shape index (κ3) is 3.35. The van der Waals surface area contributed by atoms with Crippen molar-refractivity contribution in [2.45, 2.75) is 33.1 Å². The lowest BCUT2D eigenvalue weighted by Crippen LogP contribution is -2.20. The van der Waals surface area contributed by atoms with E-state index in [0.717, 1.165) is 41.5 Å². The molecule has 19 heavy (non-hydrogen) atoms. The Hall–Kier alpha value is -1.36. The number of unbranched alkanes of at least 4 members (excludes halogenated alkanes) is 1. The number of aromatic nitrogens is 2. The molecule has 104 valence electrons. The first-order chi connectivity index (χ1) is 9.26. The molecule has 5 heteroatoms. The molecule has 0 radical (unpaired) electrons. The summed E-state index contributed by atoms with van der Waals surface area (Å²) in [7, 11) is 2.11. The summed E-state index contributed by atoms with van der Waals surface area (Å²) in [6.07, 6.45) is 3.46. The van der Waals surface area contributed by atoms with Gasteiger partial charge in [0, 0.05) is 20.1 Å². The number of nitrogens with zero attached hydrogens (tertiary/aromatic N) is 3. The number of rotatable bonds is 7. The SMILES string of the molecule is CCCCN(C)c1nc(NCCC)nc2sccc12. The Bertz CT molecular complexity index is 523. The van der Waals surface area contributed by atoms with Crippen molar-refractivity contribution in [3.63, 3.8) is 0 Å². The average molecular weight is 278 g/mol. The molecule has 0 saturated carbocycles. The van der Waals surface area contributed by atoms with Crippen molar-refractivity contribution < 1.29 is 0 Å². The van der Waals surface area contributed by atoms with E-state index in [2.05, 4.69) is 52.5 Å². The molecule has 4 nitrogen and oxygen atoms in total. The molecular weight excluding hydrogens is 256 g/mol. The normalized spacial score (nSPS) is 10.9. The monoisotopic (exact) mass is 278 g/mol. The maximum atomic E-state index is 4.67. The summed E-state index contributed by atoms with van der Waals surface area (Å²) in [4.78, 5) is 12.5. The van der Waals surface area contributed by atoms with Crippen molar-refractivity contribution in [2.75, 3.05) is 30.4 Å². The standard InChI is InChI=1S/C14H22N4S/c1-4-6-9-18(3)12-11-7-10-19-13(11)17-14(16-12)15-8-5-2/h7,10H,4-6,8-9H2,1-3H3,(H,15,16,17). The van der Waals surface area contributed by atoms with E-state index in [9.17, 15) is 0 Å². The first-order valence-electron chi connectivity index (χ1n) is 6.96. The van der Waals surface area contributed by atoms with Crippen LogP contribution in [-0.4, -0.2) is 30.1 Å². The van der Waals surface area contributed by atoms with Gasteiger partial charge < -0.3 is 10.2 Å². The Morgan fingerprint density at radius 2 is 2.11 bits per heavy atom. The zero-order valence-electron chi connectivity index (χ0n) is 11.9. The van der Waals surface area contributed by atoms with Crippen LogP contribution < -0.4 is 10.2 Å². The van der Waals surface area contributed by atoms with Crippen LogP contribution in [0.1, 0.15) is 33.1 Å². The summed E-state index contributed by atoms with van der Waals surface area (Å²) in [5, 5.41) is 6.53. The first-order valence-corrected chi connectivity index (χ1v) is 7.84. The molecule has 2 heterocycles. The number of nitrogens with one attached hydrogen (secondary N) is 1. The number of fused-ring (bicyclic) bond motifs is 1. The Morgan fingerprint density at radius 1 is 1.26 bits per heavy atom. The highest BCUT2D eigenvalue weighted by atomic mass is 32.1. The van der Waals surface area contributed by atoms with Crippen LogP contribution in [0.15, 0.2) is 11.4 Å². The van der Waals surface area contributed by atoms with Crippen molar-refractivity contribution >= 4 is 33.3 Å². The van der Waals surface area contributed by atoms with Crippen LogP contribution in [0.2, 0.25) is 0 Å².